The molecule has 106 valence electrons. The van der Waals surface area contributed by atoms with Crippen LogP contribution in [-0.2, 0) is 12.6 Å². The Bertz CT molecular complexity index is 435. The molecule has 0 radical (unpaired) electrons. The Balaban J connectivity index is 2.13. The van der Waals surface area contributed by atoms with E-state index in [0.29, 0.717) is 6.42 Å². The Kier molecular flexibility index (Phi) is 3.90. The number of rotatable bonds is 5. The van der Waals surface area contributed by atoms with Gasteiger partial charge in [-0.2, -0.15) is 13.2 Å². The van der Waals surface area contributed by atoms with Crippen molar-refractivity contribution in [3.05, 3.63) is 35.4 Å². The van der Waals surface area contributed by atoms with E-state index in [-0.39, 0.29) is 11.5 Å². The summed E-state index contributed by atoms with van der Waals surface area (Å²) in [6.45, 7) is 5.08. The van der Waals surface area contributed by atoms with Gasteiger partial charge in [-0.25, -0.2) is 0 Å². The van der Waals surface area contributed by atoms with Crippen molar-refractivity contribution in [1.82, 2.24) is 5.32 Å². The van der Waals surface area contributed by atoms with Gasteiger partial charge in [-0.1, -0.05) is 32.0 Å². The van der Waals surface area contributed by atoms with Gasteiger partial charge in [0.1, 0.15) is 0 Å². The van der Waals surface area contributed by atoms with Crippen LogP contribution < -0.4 is 5.32 Å². The number of halogens is 3. The predicted octanol–water partition coefficient (Wildman–Crippen LogP) is 4.03. The van der Waals surface area contributed by atoms with E-state index in [0.717, 1.165) is 31.0 Å². The van der Waals surface area contributed by atoms with E-state index >= 15 is 0 Å². The molecule has 1 aliphatic rings. The van der Waals surface area contributed by atoms with Crippen molar-refractivity contribution >= 4 is 0 Å². The summed E-state index contributed by atoms with van der Waals surface area (Å²) in [6.07, 6.45) is -1.28. The van der Waals surface area contributed by atoms with Gasteiger partial charge in [0.25, 0.3) is 0 Å². The number of likely N-dealkylation sites (N-methyl/N-ethyl adjacent to an activating group) is 1. The summed E-state index contributed by atoms with van der Waals surface area (Å²) < 4.78 is 38.1. The highest BCUT2D eigenvalue weighted by atomic mass is 19.4. The SMILES string of the molecule is CCNC(Cc1cccc(C(F)(F)F)c1)C1(C)CC1. The van der Waals surface area contributed by atoms with Crippen LogP contribution in [0.15, 0.2) is 24.3 Å². The molecule has 1 saturated carbocycles. The first-order valence-electron chi connectivity index (χ1n) is 6.75. The molecule has 4 heteroatoms. The molecule has 0 spiro atoms. The monoisotopic (exact) mass is 271 g/mol. The van der Waals surface area contributed by atoms with E-state index in [1.54, 1.807) is 6.07 Å². The average Bonchev–Trinajstić information content (AvgIpc) is 3.07. The third-order valence-corrected chi connectivity index (χ3v) is 4.02. The van der Waals surface area contributed by atoms with Crippen LogP contribution in [0.1, 0.15) is 37.8 Å². The highest BCUT2D eigenvalue weighted by Gasteiger charge is 2.44. The summed E-state index contributed by atoms with van der Waals surface area (Å²) in [5.41, 5.74) is 0.458. The van der Waals surface area contributed by atoms with Crippen LogP contribution in [0.5, 0.6) is 0 Å². The molecule has 0 bridgehead atoms. The van der Waals surface area contributed by atoms with Gasteiger partial charge < -0.3 is 5.32 Å². The van der Waals surface area contributed by atoms with E-state index in [9.17, 15) is 13.2 Å². The molecule has 0 heterocycles. The van der Waals surface area contributed by atoms with E-state index in [1.807, 2.05) is 6.92 Å². The zero-order valence-electron chi connectivity index (χ0n) is 11.3. The van der Waals surface area contributed by atoms with Crippen LogP contribution in [0.2, 0.25) is 0 Å². The lowest BCUT2D eigenvalue weighted by molar-refractivity contribution is -0.137. The van der Waals surface area contributed by atoms with Crippen LogP contribution >= 0.6 is 0 Å². The number of hydrogen-bond acceptors (Lipinski definition) is 1. The normalized spacial score (nSPS) is 19.2. The third-order valence-electron chi connectivity index (χ3n) is 4.02. The number of benzene rings is 1. The molecule has 1 nitrogen and oxygen atoms in total. The van der Waals surface area contributed by atoms with Crippen LogP contribution in [0, 0.1) is 5.41 Å². The first-order valence-corrected chi connectivity index (χ1v) is 6.75. The number of nitrogens with one attached hydrogen (secondary N) is 1. The van der Waals surface area contributed by atoms with Gasteiger partial charge in [-0.3, -0.25) is 0 Å². The van der Waals surface area contributed by atoms with E-state index < -0.39 is 11.7 Å². The summed E-state index contributed by atoms with van der Waals surface area (Å²) in [6, 6.07) is 5.95. The molecule has 19 heavy (non-hydrogen) atoms. The summed E-state index contributed by atoms with van der Waals surface area (Å²) in [5, 5.41) is 3.41. The molecule has 1 N–H and O–H groups in total. The second kappa shape index (κ2) is 5.16. The Morgan fingerprint density at radius 2 is 2.00 bits per heavy atom. The van der Waals surface area contributed by atoms with Gasteiger partial charge in [-0.05, 0) is 42.9 Å². The van der Waals surface area contributed by atoms with Gasteiger partial charge >= 0.3 is 6.18 Å². The Morgan fingerprint density at radius 3 is 2.53 bits per heavy atom. The fourth-order valence-electron chi connectivity index (χ4n) is 2.47. The van der Waals surface area contributed by atoms with Gasteiger partial charge in [0.2, 0.25) is 0 Å². The molecule has 0 aliphatic heterocycles. The highest BCUT2D eigenvalue weighted by Crippen LogP contribution is 2.49. The van der Waals surface area contributed by atoms with Crippen LogP contribution in [0.3, 0.4) is 0 Å². The first-order chi connectivity index (χ1) is 8.85. The zero-order valence-corrected chi connectivity index (χ0v) is 11.3. The number of alkyl halides is 3. The van der Waals surface area contributed by atoms with Gasteiger partial charge in [0, 0.05) is 6.04 Å². The fourth-order valence-corrected chi connectivity index (χ4v) is 2.47. The molecule has 1 aromatic carbocycles. The highest BCUT2D eigenvalue weighted by molar-refractivity contribution is 5.27. The fraction of sp³-hybridized carbons (Fsp3) is 0.600. The van der Waals surface area contributed by atoms with Crippen molar-refractivity contribution in [2.45, 2.75) is 45.3 Å². The molecule has 1 unspecified atom stereocenters. The molecular formula is C15H20F3N. The minimum Gasteiger partial charge on any atom is -0.313 e. The summed E-state index contributed by atoms with van der Waals surface area (Å²) in [4.78, 5) is 0. The molecular weight excluding hydrogens is 251 g/mol. The predicted molar refractivity (Wildman–Crippen MR) is 70.0 cm³/mol. The maximum Gasteiger partial charge on any atom is 0.416 e. The third kappa shape index (κ3) is 3.50. The van der Waals surface area contributed by atoms with E-state index in [2.05, 4.69) is 12.2 Å². The molecule has 0 saturated heterocycles. The van der Waals surface area contributed by atoms with Crippen LogP contribution in [0.25, 0.3) is 0 Å². The molecule has 1 aromatic rings. The summed E-state index contributed by atoms with van der Waals surface area (Å²) in [7, 11) is 0. The van der Waals surface area contributed by atoms with Crippen molar-refractivity contribution in [2.75, 3.05) is 6.54 Å². The Labute approximate surface area is 112 Å². The Hall–Kier alpha value is -1.03. The molecule has 1 aliphatic carbocycles. The lowest BCUT2D eigenvalue weighted by atomic mass is 9.91. The Morgan fingerprint density at radius 1 is 1.32 bits per heavy atom. The van der Waals surface area contributed by atoms with Crippen LogP contribution in [0.4, 0.5) is 13.2 Å². The van der Waals surface area contributed by atoms with Crippen LogP contribution in [-0.4, -0.2) is 12.6 Å². The average molecular weight is 271 g/mol. The minimum absolute atomic E-state index is 0.254. The number of hydrogen-bond donors (Lipinski definition) is 1. The van der Waals surface area contributed by atoms with Crippen molar-refractivity contribution < 1.29 is 13.2 Å². The van der Waals surface area contributed by atoms with Gasteiger partial charge in [-0.15, -0.1) is 0 Å². The quantitative estimate of drug-likeness (QED) is 0.852. The molecule has 1 fully saturated rings. The largest absolute Gasteiger partial charge is 0.416 e. The van der Waals surface area contributed by atoms with Crippen molar-refractivity contribution in [1.29, 1.82) is 0 Å². The smallest absolute Gasteiger partial charge is 0.313 e. The molecule has 0 amide bonds. The second-order valence-corrected chi connectivity index (χ2v) is 5.67. The van der Waals surface area contributed by atoms with Gasteiger partial charge in [0.05, 0.1) is 5.56 Å². The molecule has 2 rings (SSSR count). The zero-order chi connectivity index (χ0) is 14.1. The maximum atomic E-state index is 12.7. The standard InChI is InChI=1S/C15H20F3N/c1-3-19-13(14(2)7-8-14)10-11-5-4-6-12(9-11)15(16,17)18/h4-6,9,13,19H,3,7-8,10H2,1-2H3. The lowest BCUT2D eigenvalue weighted by Crippen LogP contribution is -2.38. The second-order valence-electron chi connectivity index (χ2n) is 5.67. The molecule has 0 aromatic heterocycles. The van der Waals surface area contributed by atoms with Crippen molar-refractivity contribution in [2.24, 2.45) is 5.41 Å². The summed E-state index contributed by atoms with van der Waals surface area (Å²) in [5.74, 6) is 0. The van der Waals surface area contributed by atoms with E-state index in [1.165, 1.54) is 12.1 Å². The van der Waals surface area contributed by atoms with Crippen molar-refractivity contribution in [3.63, 3.8) is 0 Å². The van der Waals surface area contributed by atoms with E-state index in [4.69, 9.17) is 0 Å². The lowest BCUT2D eigenvalue weighted by Gasteiger charge is -2.25. The first kappa shape index (κ1) is 14.4. The minimum atomic E-state index is -4.26. The molecule has 1 atom stereocenters. The topological polar surface area (TPSA) is 12.0 Å². The maximum absolute atomic E-state index is 12.7. The summed E-state index contributed by atoms with van der Waals surface area (Å²) >= 11 is 0. The van der Waals surface area contributed by atoms with Crippen molar-refractivity contribution in [3.8, 4) is 0 Å². The van der Waals surface area contributed by atoms with Gasteiger partial charge in [0.15, 0.2) is 0 Å².